The van der Waals surface area contributed by atoms with Crippen molar-refractivity contribution in [3.05, 3.63) is 59.7 Å². The van der Waals surface area contributed by atoms with E-state index in [1.54, 1.807) is 12.1 Å². The predicted molar refractivity (Wildman–Crippen MR) is 71.1 cm³/mol. The lowest BCUT2D eigenvalue weighted by atomic mass is 10.1. The average molecular weight is 258 g/mol. The molecule has 0 bridgehead atoms. The Hall–Kier alpha value is -2.49. The van der Waals surface area contributed by atoms with Gasteiger partial charge in [0.05, 0.1) is 12.7 Å². The van der Waals surface area contributed by atoms with Gasteiger partial charge in [0.25, 0.3) is 0 Å². The highest BCUT2D eigenvalue weighted by Crippen LogP contribution is 2.07. The first kappa shape index (κ1) is 14.6. The van der Waals surface area contributed by atoms with Gasteiger partial charge < -0.3 is 4.74 Å². The van der Waals surface area contributed by atoms with E-state index >= 15 is 0 Å². The van der Waals surface area contributed by atoms with Crippen molar-refractivity contribution in [3.63, 3.8) is 0 Å². The quantitative estimate of drug-likeness (QED) is 0.352. The molecular formula is C15H14O4. The number of hydrogen-bond acceptors (Lipinski definition) is 4. The fourth-order valence-electron chi connectivity index (χ4n) is 1.32. The zero-order chi connectivity index (χ0) is 14.3. The molecule has 98 valence electrons. The molecule has 1 aromatic carbocycles. The molecule has 0 atom stereocenters. The molecule has 0 unspecified atom stereocenters. The number of ether oxygens (including phenoxy) is 1. The highest BCUT2D eigenvalue weighted by atomic mass is 16.5. The number of benzene rings is 1. The number of hydrogen-bond donors (Lipinski definition) is 0. The fourth-order valence-corrected chi connectivity index (χ4v) is 1.32. The van der Waals surface area contributed by atoms with Crippen LogP contribution in [0.4, 0.5) is 0 Å². The van der Waals surface area contributed by atoms with Crippen LogP contribution < -0.4 is 0 Å². The lowest BCUT2D eigenvalue weighted by Crippen LogP contribution is -2.02. The standard InChI is InChI=1S/C15H14O4/c1-11(16)5-3-4-6-14(17)12-7-9-13(10-8-12)15(18)19-2/h3-10H,1-2H3/b5-3+,6-4+. The highest BCUT2D eigenvalue weighted by Gasteiger charge is 2.06. The predicted octanol–water partition coefficient (Wildman–Crippen LogP) is 2.36. The van der Waals surface area contributed by atoms with E-state index in [9.17, 15) is 14.4 Å². The van der Waals surface area contributed by atoms with Crippen LogP contribution in [0.15, 0.2) is 48.6 Å². The van der Waals surface area contributed by atoms with Gasteiger partial charge >= 0.3 is 5.97 Å². The van der Waals surface area contributed by atoms with Crippen LogP contribution in [0.5, 0.6) is 0 Å². The molecule has 0 amide bonds. The van der Waals surface area contributed by atoms with Crippen molar-refractivity contribution >= 4 is 17.5 Å². The lowest BCUT2D eigenvalue weighted by Gasteiger charge is -1.99. The van der Waals surface area contributed by atoms with Gasteiger partial charge in [-0.25, -0.2) is 4.79 Å². The van der Waals surface area contributed by atoms with E-state index in [2.05, 4.69) is 4.74 Å². The van der Waals surface area contributed by atoms with E-state index in [-0.39, 0.29) is 11.6 Å². The smallest absolute Gasteiger partial charge is 0.337 e. The monoisotopic (exact) mass is 258 g/mol. The third-order valence-electron chi connectivity index (χ3n) is 2.28. The van der Waals surface area contributed by atoms with E-state index in [0.717, 1.165) is 0 Å². The van der Waals surface area contributed by atoms with Crippen molar-refractivity contribution in [2.75, 3.05) is 7.11 Å². The topological polar surface area (TPSA) is 60.4 Å². The maximum atomic E-state index is 11.7. The minimum atomic E-state index is -0.445. The Morgan fingerprint density at radius 1 is 0.947 bits per heavy atom. The maximum absolute atomic E-state index is 11.7. The Bertz CT molecular complexity index is 536. The van der Waals surface area contributed by atoms with Crippen LogP contribution in [-0.4, -0.2) is 24.6 Å². The third-order valence-corrected chi connectivity index (χ3v) is 2.28. The molecule has 4 heteroatoms. The van der Waals surface area contributed by atoms with Crippen LogP contribution in [0.3, 0.4) is 0 Å². The maximum Gasteiger partial charge on any atom is 0.337 e. The molecule has 0 saturated heterocycles. The summed E-state index contributed by atoms with van der Waals surface area (Å²) in [7, 11) is 1.30. The molecule has 1 aromatic rings. The van der Waals surface area contributed by atoms with Gasteiger partial charge in [0, 0.05) is 5.56 Å². The van der Waals surface area contributed by atoms with E-state index in [4.69, 9.17) is 0 Å². The Kier molecular flexibility index (Phi) is 5.41. The van der Waals surface area contributed by atoms with E-state index in [1.165, 1.54) is 50.5 Å². The van der Waals surface area contributed by atoms with E-state index in [1.807, 2.05) is 0 Å². The lowest BCUT2D eigenvalue weighted by molar-refractivity contribution is -0.112. The molecule has 0 aliphatic heterocycles. The molecule has 0 saturated carbocycles. The average Bonchev–Trinajstić information content (AvgIpc) is 2.42. The molecule has 4 nitrogen and oxygen atoms in total. The molecule has 0 N–H and O–H groups in total. The van der Waals surface area contributed by atoms with Crippen LogP contribution in [0.25, 0.3) is 0 Å². The zero-order valence-electron chi connectivity index (χ0n) is 10.8. The Morgan fingerprint density at radius 3 is 2.00 bits per heavy atom. The van der Waals surface area contributed by atoms with Gasteiger partial charge in [-0.1, -0.05) is 24.3 Å². The number of methoxy groups -OCH3 is 1. The Labute approximate surface area is 111 Å². The van der Waals surface area contributed by atoms with Gasteiger partial charge in [0.15, 0.2) is 11.6 Å². The SMILES string of the molecule is COC(=O)c1ccc(C(=O)/C=C/C=C/C(C)=O)cc1. The summed E-state index contributed by atoms with van der Waals surface area (Å²) in [6, 6.07) is 6.15. The minimum Gasteiger partial charge on any atom is -0.465 e. The summed E-state index contributed by atoms with van der Waals surface area (Å²) in [5.41, 5.74) is 0.847. The van der Waals surface area contributed by atoms with Crippen molar-refractivity contribution in [1.82, 2.24) is 0 Å². The van der Waals surface area contributed by atoms with Crippen molar-refractivity contribution in [3.8, 4) is 0 Å². The number of allylic oxidation sites excluding steroid dienone is 4. The second kappa shape index (κ2) is 7.06. The number of ketones is 2. The van der Waals surface area contributed by atoms with Crippen LogP contribution in [-0.2, 0) is 9.53 Å². The van der Waals surface area contributed by atoms with Crippen LogP contribution in [0, 0.1) is 0 Å². The molecule has 19 heavy (non-hydrogen) atoms. The Morgan fingerprint density at radius 2 is 1.47 bits per heavy atom. The molecule has 1 rings (SSSR count). The largest absolute Gasteiger partial charge is 0.465 e. The van der Waals surface area contributed by atoms with Crippen LogP contribution in [0.1, 0.15) is 27.6 Å². The highest BCUT2D eigenvalue weighted by molar-refractivity contribution is 6.05. The number of esters is 1. The van der Waals surface area contributed by atoms with Crippen molar-refractivity contribution in [2.45, 2.75) is 6.92 Å². The molecular weight excluding hydrogens is 244 g/mol. The fraction of sp³-hybridized carbons (Fsp3) is 0.133. The van der Waals surface area contributed by atoms with Crippen LogP contribution >= 0.6 is 0 Å². The number of carbonyl (C=O) groups excluding carboxylic acids is 3. The van der Waals surface area contributed by atoms with Gasteiger partial charge in [-0.15, -0.1) is 0 Å². The zero-order valence-corrected chi connectivity index (χ0v) is 10.8. The molecule has 0 radical (unpaired) electrons. The second-order valence-electron chi connectivity index (χ2n) is 3.76. The van der Waals surface area contributed by atoms with Gasteiger partial charge in [-0.05, 0) is 31.2 Å². The summed E-state index contributed by atoms with van der Waals surface area (Å²) in [6.07, 6.45) is 5.72. The first-order chi connectivity index (χ1) is 9.04. The Balaban J connectivity index is 2.73. The minimum absolute atomic E-state index is 0.0838. The van der Waals surface area contributed by atoms with Gasteiger partial charge in [0.2, 0.25) is 0 Å². The molecule has 0 aliphatic carbocycles. The molecule has 0 heterocycles. The summed E-state index contributed by atoms with van der Waals surface area (Å²) in [6.45, 7) is 1.43. The molecule has 0 fully saturated rings. The van der Waals surface area contributed by atoms with Gasteiger partial charge in [0.1, 0.15) is 0 Å². The second-order valence-corrected chi connectivity index (χ2v) is 3.76. The first-order valence-corrected chi connectivity index (χ1v) is 5.62. The van der Waals surface area contributed by atoms with Crippen molar-refractivity contribution < 1.29 is 19.1 Å². The van der Waals surface area contributed by atoms with Crippen molar-refractivity contribution in [2.24, 2.45) is 0 Å². The molecule has 0 spiro atoms. The van der Waals surface area contributed by atoms with Gasteiger partial charge in [-0.3, -0.25) is 9.59 Å². The summed E-state index contributed by atoms with van der Waals surface area (Å²) in [5, 5.41) is 0. The van der Waals surface area contributed by atoms with E-state index < -0.39 is 5.97 Å². The molecule has 0 aromatic heterocycles. The van der Waals surface area contributed by atoms with Gasteiger partial charge in [-0.2, -0.15) is 0 Å². The van der Waals surface area contributed by atoms with Crippen LogP contribution in [0.2, 0.25) is 0 Å². The van der Waals surface area contributed by atoms with Crippen molar-refractivity contribution in [1.29, 1.82) is 0 Å². The third kappa shape index (κ3) is 4.71. The summed E-state index contributed by atoms with van der Waals surface area (Å²) in [4.78, 5) is 33.6. The summed E-state index contributed by atoms with van der Waals surface area (Å²) in [5.74, 6) is -0.733. The normalized spacial score (nSPS) is 10.8. The summed E-state index contributed by atoms with van der Waals surface area (Å²) >= 11 is 0. The molecule has 0 aliphatic rings. The summed E-state index contributed by atoms with van der Waals surface area (Å²) < 4.78 is 4.56. The number of carbonyl (C=O) groups is 3. The van der Waals surface area contributed by atoms with E-state index in [0.29, 0.717) is 11.1 Å². The first-order valence-electron chi connectivity index (χ1n) is 5.62. The number of rotatable bonds is 5.